The highest BCUT2D eigenvalue weighted by Gasteiger charge is 2.28. The summed E-state index contributed by atoms with van der Waals surface area (Å²) in [5.41, 5.74) is 1.49. The Kier molecular flexibility index (Phi) is 4.16. The lowest BCUT2D eigenvalue weighted by Gasteiger charge is -2.24. The highest BCUT2D eigenvalue weighted by molar-refractivity contribution is 5.83. The summed E-state index contributed by atoms with van der Waals surface area (Å²) in [5, 5.41) is 3.16. The second-order valence-corrected chi connectivity index (χ2v) is 5.02. The number of rotatable bonds is 4. The van der Waals surface area contributed by atoms with Crippen molar-refractivity contribution < 1.29 is 9.53 Å². The fourth-order valence-electron chi connectivity index (χ4n) is 1.62. The number of ether oxygens (including phenoxy) is 1. The van der Waals surface area contributed by atoms with Crippen LogP contribution in [0.3, 0.4) is 0 Å². The van der Waals surface area contributed by atoms with E-state index in [-0.39, 0.29) is 5.97 Å². The molecule has 1 aromatic rings. The van der Waals surface area contributed by atoms with Crippen LogP contribution in [0, 0.1) is 0 Å². The van der Waals surface area contributed by atoms with Crippen LogP contribution in [0.4, 0.5) is 5.69 Å². The Labute approximate surface area is 103 Å². The zero-order valence-corrected chi connectivity index (χ0v) is 11.2. The highest BCUT2D eigenvalue weighted by Crippen LogP contribution is 2.20. The van der Waals surface area contributed by atoms with Crippen molar-refractivity contribution in [2.24, 2.45) is 0 Å². The van der Waals surface area contributed by atoms with Gasteiger partial charge in [0, 0.05) is 5.69 Å². The zero-order valence-electron chi connectivity index (χ0n) is 11.2. The molecule has 0 aliphatic rings. The topological polar surface area (TPSA) is 38.3 Å². The van der Waals surface area contributed by atoms with Crippen LogP contribution in [-0.2, 0) is 9.53 Å². The van der Waals surface area contributed by atoms with Crippen molar-refractivity contribution in [1.29, 1.82) is 0 Å². The van der Waals surface area contributed by atoms with E-state index < -0.39 is 5.54 Å². The second kappa shape index (κ2) is 5.21. The maximum atomic E-state index is 11.5. The maximum absolute atomic E-state index is 11.5. The molecular formula is C14H21NO2. The van der Waals surface area contributed by atoms with E-state index in [1.807, 2.05) is 12.1 Å². The maximum Gasteiger partial charge on any atom is 0.330 e. The van der Waals surface area contributed by atoms with Crippen molar-refractivity contribution in [3.63, 3.8) is 0 Å². The van der Waals surface area contributed by atoms with Crippen molar-refractivity contribution in [2.45, 2.75) is 39.2 Å². The van der Waals surface area contributed by atoms with Crippen LogP contribution in [0.25, 0.3) is 0 Å². The summed E-state index contributed by atoms with van der Waals surface area (Å²) in [6.07, 6.45) is 0. The fraction of sp³-hybridized carbons (Fsp3) is 0.500. The molecule has 1 rings (SSSR count). The molecule has 0 heterocycles. The van der Waals surface area contributed by atoms with Crippen LogP contribution in [0.1, 0.15) is 39.2 Å². The largest absolute Gasteiger partial charge is 0.467 e. The third-order valence-electron chi connectivity index (χ3n) is 2.73. The molecule has 3 heteroatoms. The minimum absolute atomic E-state index is 0.273. The third kappa shape index (κ3) is 3.48. The van der Waals surface area contributed by atoms with E-state index in [0.717, 1.165) is 5.69 Å². The van der Waals surface area contributed by atoms with Gasteiger partial charge in [0.15, 0.2) is 0 Å². The molecule has 0 radical (unpaired) electrons. The minimum Gasteiger partial charge on any atom is -0.467 e. The molecule has 1 aromatic carbocycles. The number of esters is 1. The van der Waals surface area contributed by atoms with Gasteiger partial charge in [-0.15, -0.1) is 0 Å². The number of hydrogen-bond acceptors (Lipinski definition) is 3. The van der Waals surface area contributed by atoms with Gasteiger partial charge >= 0.3 is 5.97 Å². The SMILES string of the molecule is COC(=O)C(C)(C)Nc1ccc(C(C)C)cc1. The molecule has 0 unspecified atom stereocenters. The van der Waals surface area contributed by atoms with E-state index in [2.05, 4.69) is 31.3 Å². The molecule has 0 atom stereocenters. The summed E-state index contributed by atoms with van der Waals surface area (Å²) >= 11 is 0. The van der Waals surface area contributed by atoms with Gasteiger partial charge in [-0.25, -0.2) is 4.79 Å². The Bertz CT molecular complexity index is 380. The Morgan fingerprint density at radius 1 is 1.24 bits per heavy atom. The van der Waals surface area contributed by atoms with Crippen LogP contribution < -0.4 is 5.32 Å². The summed E-state index contributed by atoms with van der Waals surface area (Å²) in [7, 11) is 1.40. The first-order valence-electron chi connectivity index (χ1n) is 5.83. The van der Waals surface area contributed by atoms with Crippen molar-refractivity contribution in [2.75, 3.05) is 12.4 Å². The molecule has 0 aliphatic heterocycles. The highest BCUT2D eigenvalue weighted by atomic mass is 16.5. The van der Waals surface area contributed by atoms with Crippen LogP contribution in [0.15, 0.2) is 24.3 Å². The standard InChI is InChI=1S/C14H21NO2/c1-10(2)11-6-8-12(9-7-11)15-14(3,4)13(16)17-5/h6-10,15H,1-5H3. The van der Waals surface area contributed by atoms with Gasteiger partial charge in [0.05, 0.1) is 7.11 Å². The van der Waals surface area contributed by atoms with Crippen molar-refractivity contribution >= 4 is 11.7 Å². The van der Waals surface area contributed by atoms with Gasteiger partial charge in [0.2, 0.25) is 0 Å². The first kappa shape index (κ1) is 13.6. The molecule has 0 amide bonds. The number of benzene rings is 1. The summed E-state index contributed by atoms with van der Waals surface area (Å²) in [6, 6.07) is 8.11. The van der Waals surface area contributed by atoms with Gasteiger partial charge in [0.1, 0.15) is 5.54 Å². The summed E-state index contributed by atoms with van der Waals surface area (Å²) in [4.78, 5) is 11.5. The molecule has 0 aromatic heterocycles. The van der Waals surface area contributed by atoms with E-state index >= 15 is 0 Å². The third-order valence-corrected chi connectivity index (χ3v) is 2.73. The van der Waals surface area contributed by atoms with E-state index in [1.54, 1.807) is 13.8 Å². The normalized spacial score (nSPS) is 11.4. The molecule has 1 N–H and O–H groups in total. The summed E-state index contributed by atoms with van der Waals surface area (Å²) in [6.45, 7) is 7.91. The molecule has 0 aliphatic carbocycles. The van der Waals surface area contributed by atoms with Gasteiger partial charge in [-0.3, -0.25) is 0 Å². The molecule has 0 saturated heterocycles. The number of carbonyl (C=O) groups excluding carboxylic acids is 1. The first-order valence-corrected chi connectivity index (χ1v) is 5.83. The van der Waals surface area contributed by atoms with Gasteiger partial charge in [-0.1, -0.05) is 26.0 Å². The smallest absolute Gasteiger partial charge is 0.330 e. The molecule has 0 saturated carbocycles. The molecule has 0 bridgehead atoms. The van der Waals surface area contributed by atoms with E-state index in [1.165, 1.54) is 12.7 Å². The minimum atomic E-state index is -0.714. The van der Waals surface area contributed by atoms with E-state index in [4.69, 9.17) is 4.74 Å². The van der Waals surface area contributed by atoms with Gasteiger partial charge in [-0.2, -0.15) is 0 Å². The molecule has 3 nitrogen and oxygen atoms in total. The van der Waals surface area contributed by atoms with Gasteiger partial charge < -0.3 is 10.1 Å². The van der Waals surface area contributed by atoms with Crippen molar-refractivity contribution in [1.82, 2.24) is 0 Å². The lowest BCUT2D eigenvalue weighted by atomic mass is 10.0. The van der Waals surface area contributed by atoms with Gasteiger partial charge in [-0.05, 0) is 37.5 Å². The Morgan fingerprint density at radius 3 is 2.18 bits per heavy atom. The average Bonchev–Trinajstić information content (AvgIpc) is 2.28. The van der Waals surface area contributed by atoms with Crippen LogP contribution in [-0.4, -0.2) is 18.6 Å². The Hall–Kier alpha value is -1.51. The number of anilines is 1. The number of carbonyl (C=O) groups is 1. The first-order chi connectivity index (χ1) is 7.86. The van der Waals surface area contributed by atoms with Crippen LogP contribution >= 0.6 is 0 Å². The average molecular weight is 235 g/mol. The van der Waals surface area contributed by atoms with E-state index in [9.17, 15) is 4.79 Å². The molecule has 94 valence electrons. The number of hydrogen-bond donors (Lipinski definition) is 1. The fourth-order valence-corrected chi connectivity index (χ4v) is 1.62. The summed E-state index contributed by atoms with van der Waals surface area (Å²) < 4.78 is 4.75. The zero-order chi connectivity index (χ0) is 13.1. The molecular weight excluding hydrogens is 214 g/mol. The predicted molar refractivity (Wildman–Crippen MR) is 70.2 cm³/mol. The van der Waals surface area contributed by atoms with Crippen molar-refractivity contribution in [3.05, 3.63) is 29.8 Å². The van der Waals surface area contributed by atoms with Crippen LogP contribution in [0.2, 0.25) is 0 Å². The molecule has 0 fully saturated rings. The van der Waals surface area contributed by atoms with Crippen LogP contribution in [0.5, 0.6) is 0 Å². The number of nitrogens with one attached hydrogen (secondary N) is 1. The van der Waals surface area contributed by atoms with Crippen molar-refractivity contribution in [3.8, 4) is 0 Å². The second-order valence-electron chi connectivity index (χ2n) is 5.02. The Morgan fingerprint density at radius 2 is 1.76 bits per heavy atom. The van der Waals surface area contributed by atoms with Gasteiger partial charge in [0.25, 0.3) is 0 Å². The Balaban J connectivity index is 2.79. The molecule has 17 heavy (non-hydrogen) atoms. The molecule has 0 spiro atoms. The lowest BCUT2D eigenvalue weighted by molar-refractivity contribution is -0.144. The monoisotopic (exact) mass is 235 g/mol. The summed E-state index contributed by atoms with van der Waals surface area (Å²) in [5.74, 6) is 0.239. The quantitative estimate of drug-likeness (QED) is 0.815. The number of methoxy groups -OCH3 is 1. The predicted octanol–water partition coefficient (Wildman–Crippen LogP) is 3.17. The lowest BCUT2D eigenvalue weighted by Crippen LogP contribution is -2.41. The van der Waals surface area contributed by atoms with E-state index in [0.29, 0.717) is 5.92 Å².